The van der Waals surface area contributed by atoms with Gasteiger partial charge in [0.15, 0.2) is 0 Å². The average molecular weight is 619 g/mol. The van der Waals surface area contributed by atoms with E-state index in [-0.39, 0.29) is 29.1 Å². The summed E-state index contributed by atoms with van der Waals surface area (Å²) in [5, 5.41) is 11.6. The van der Waals surface area contributed by atoms with Crippen LogP contribution in [0.2, 0.25) is 0 Å². The molecule has 1 unspecified atom stereocenters. The average Bonchev–Trinajstić information content (AvgIpc) is 2.91. The van der Waals surface area contributed by atoms with E-state index in [2.05, 4.69) is 44.0 Å². The van der Waals surface area contributed by atoms with Crippen LogP contribution in [-0.4, -0.2) is 14.5 Å². The van der Waals surface area contributed by atoms with E-state index in [1.165, 1.54) is 12.1 Å². The molecule has 0 amide bonds. The van der Waals surface area contributed by atoms with E-state index in [0.717, 1.165) is 25.6 Å². The van der Waals surface area contributed by atoms with Crippen LogP contribution in [0, 0.1) is 10.1 Å². The second-order valence-electron chi connectivity index (χ2n) is 8.74. The molecule has 1 atom stereocenters. The number of nitro benzene ring substituents is 1. The Morgan fingerprint density at radius 1 is 0.838 bits per heavy atom. The molecule has 0 radical (unpaired) electrons. The van der Waals surface area contributed by atoms with Gasteiger partial charge in [0.2, 0.25) is 0 Å². The number of nitro groups is 1. The van der Waals surface area contributed by atoms with Crippen molar-refractivity contribution in [2.75, 3.05) is 0 Å². The van der Waals surface area contributed by atoms with E-state index in [0.29, 0.717) is 17.8 Å². The maximum Gasteiger partial charge on any atom is 0.270 e. The SMILES string of the molecule is O=c1c2cc([N+](=O)[O-])ccc2nc(C(Cc2ccc(Br)cc2)c2ccccc2)n1Cc1ccc(Br)cc1. The Morgan fingerprint density at radius 3 is 2.08 bits per heavy atom. The Balaban J connectivity index is 1.74. The lowest BCUT2D eigenvalue weighted by molar-refractivity contribution is -0.384. The van der Waals surface area contributed by atoms with Gasteiger partial charge in [-0.3, -0.25) is 19.5 Å². The van der Waals surface area contributed by atoms with Gasteiger partial charge in [-0.25, -0.2) is 4.98 Å². The lowest BCUT2D eigenvalue weighted by Crippen LogP contribution is -2.28. The summed E-state index contributed by atoms with van der Waals surface area (Å²) in [6.45, 7) is 0.288. The zero-order valence-electron chi connectivity index (χ0n) is 19.6. The van der Waals surface area contributed by atoms with Crippen LogP contribution in [0.3, 0.4) is 0 Å². The minimum Gasteiger partial charge on any atom is -0.291 e. The van der Waals surface area contributed by atoms with Gasteiger partial charge in [0.25, 0.3) is 11.2 Å². The van der Waals surface area contributed by atoms with Crippen LogP contribution in [0.25, 0.3) is 10.9 Å². The highest BCUT2D eigenvalue weighted by atomic mass is 79.9. The summed E-state index contributed by atoms with van der Waals surface area (Å²) in [6, 6.07) is 30.1. The lowest BCUT2D eigenvalue weighted by Gasteiger charge is -2.22. The van der Waals surface area contributed by atoms with Gasteiger partial charge in [0.05, 0.1) is 22.4 Å². The predicted octanol–water partition coefficient (Wildman–Crippen LogP) is 7.25. The van der Waals surface area contributed by atoms with Crippen molar-refractivity contribution < 1.29 is 4.92 Å². The number of hydrogen-bond donors (Lipinski definition) is 0. The summed E-state index contributed by atoms with van der Waals surface area (Å²) in [5.74, 6) is 0.397. The Labute approximate surface area is 230 Å². The number of rotatable bonds is 7. The fraction of sp³-hybridized carbons (Fsp3) is 0.103. The van der Waals surface area contributed by atoms with Crippen molar-refractivity contribution in [3.05, 3.63) is 149 Å². The number of non-ortho nitro benzene ring substituents is 1. The van der Waals surface area contributed by atoms with Gasteiger partial charge in [0.1, 0.15) is 5.82 Å². The zero-order valence-corrected chi connectivity index (χ0v) is 22.7. The zero-order chi connectivity index (χ0) is 25.9. The molecule has 5 aromatic rings. The molecule has 4 aromatic carbocycles. The molecular weight excluding hydrogens is 598 g/mol. The summed E-state index contributed by atoms with van der Waals surface area (Å²) in [7, 11) is 0. The van der Waals surface area contributed by atoms with Crippen LogP contribution in [-0.2, 0) is 13.0 Å². The van der Waals surface area contributed by atoms with Crippen molar-refractivity contribution in [3.63, 3.8) is 0 Å². The first-order valence-electron chi connectivity index (χ1n) is 11.6. The van der Waals surface area contributed by atoms with Crippen molar-refractivity contribution in [2.45, 2.75) is 18.9 Å². The number of halogens is 2. The number of aromatic nitrogens is 2. The van der Waals surface area contributed by atoms with Crippen molar-refractivity contribution in [1.82, 2.24) is 9.55 Å². The minimum atomic E-state index is -0.494. The van der Waals surface area contributed by atoms with Crippen LogP contribution in [0.1, 0.15) is 28.4 Å². The molecule has 0 N–H and O–H groups in total. The number of benzene rings is 4. The Kier molecular flexibility index (Phi) is 7.30. The largest absolute Gasteiger partial charge is 0.291 e. The van der Waals surface area contributed by atoms with Crippen LogP contribution >= 0.6 is 31.9 Å². The molecule has 8 heteroatoms. The van der Waals surface area contributed by atoms with Gasteiger partial charge >= 0.3 is 0 Å². The van der Waals surface area contributed by atoms with Gasteiger partial charge < -0.3 is 0 Å². The number of hydrogen-bond acceptors (Lipinski definition) is 4. The van der Waals surface area contributed by atoms with E-state index in [9.17, 15) is 14.9 Å². The molecule has 1 heterocycles. The monoisotopic (exact) mass is 617 g/mol. The highest BCUT2D eigenvalue weighted by molar-refractivity contribution is 9.10. The van der Waals surface area contributed by atoms with Crippen LogP contribution in [0.4, 0.5) is 5.69 Å². The number of nitrogens with zero attached hydrogens (tertiary/aromatic N) is 3. The van der Waals surface area contributed by atoms with Crippen molar-refractivity contribution in [2.24, 2.45) is 0 Å². The van der Waals surface area contributed by atoms with Gasteiger partial charge in [-0.15, -0.1) is 0 Å². The first-order chi connectivity index (χ1) is 17.9. The van der Waals surface area contributed by atoms with Gasteiger partial charge in [-0.2, -0.15) is 0 Å². The molecule has 0 aliphatic heterocycles. The maximum atomic E-state index is 13.9. The third-order valence-electron chi connectivity index (χ3n) is 6.30. The van der Waals surface area contributed by atoms with Crippen LogP contribution in [0.5, 0.6) is 0 Å². The highest BCUT2D eigenvalue weighted by Crippen LogP contribution is 2.30. The molecule has 0 fully saturated rings. The van der Waals surface area contributed by atoms with Crippen molar-refractivity contribution in [1.29, 1.82) is 0 Å². The van der Waals surface area contributed by atoms with Gasteiger partial charge in [0, 0.05) is 27.0 Å². The molecule has 37 heavy (non-hydrogen) atoms. The molecule has 5 rings (SSSR count). The quantitative estimate of drug-likeness (QED) is 0.142. The predicted molar refractivity (Wildman–Crippen MR) is 152 cm³/mol. The first-order valence-corrected chi connectivity index (χ1v) is 13.2. The van der Waals surface area contributed by atoms with E-state index in [1.54, 1.807) is 10.6 Å². The Hall–Kier alpha value is -3.62. The Morgan fingerprint density at radius 2 is 1.46 bits per heavy atom. The standard InChI is InChI=1S/C29H21Br2N3O3/c30-22-10-6-19(7-11-22)16-25(21-4-2-1-3-5-21)28-32-27-15-14-24(34(36)37)17-26(27)29(35)33(28)18-20-8-12-23(31)13-9-20/h1-15,17,25H,16,18H2. The maximum absolute atomic E-state index is 13.9. The summed E-state index contributed by atoms with van der Waals surface area (Å²) < 4.78 is 3.59. The Bertz CT molecular complexity index is 1630. The highest BCUT2D eigenvalue weighted by Gasteiger charge is 2.24. The first kappa shape index (κ1) is 25.0. The second-order valence-corrected chi connectivity index (χ2v) is 10.6. The summed E-state index contributed by atoms with van der Waals surface area (Å²) >= 11 is 6.96. The fourth-order valence-corrected chi connectivity index (χ4v) is 4.96. The van der Waals surface area contributed by atoms with Crippen LogP contribution < -0.4 is 5.56 Å². The third-order valence-corrected chi connectivity index (χ3v) is 7.36. The molecule has 1 aromatic heterocycles. The summed E-state index contributed by atoms with van der Waals surface area (Å²) in [4.78, 5) is 29.8. The molecular formula is C29H21Br2N3O3. The van der Waals surface area contributed by atoms with Crippen LogP contribution in [0.15, 0.2) is 111 Å². The minimum absolute atomic E-state index is 0.135. The molecule has 0 saturated heterocycles. The summed E-state index contributed by atoms with van der Waals surface area (Å²) in [6.07, 6.45) is 0.628. The van der Waals surface area contributed by atoms with Gasteiger partial charge in [-0.1, -0.05) is 86.5 Å². The third kappa shape index (κ3) is 5.55. The molecule has 0 aliphatic carbocycles. The summed E-state index contributed by atoms with van der Waals surface area (Å²) in [5.41, 5.74) is 3.06. The smallest absolute Gasteiger partial charge is 0.270 e. The van der Waals surface area contributed by atoms with Gasteiger partial charge in [-0.05, 0) is 53.4 Å². The molecule has 0 saturated carbocycles. The number of fused-ring (bicyclic) bond motifs is 1. The molecule has 6 nitrogen and oxygen atoms in total. The molecule has 0 aliphatic rings. The normalized spacial score (nSPS) is 11.9. The topological polar surface area (TPSA) is 78.0 Å². The second kappa shape index (κ2) is 10.8. The van der Waals surface area contributed by atoms with E-state index in [1.807, 2.05) is 66.7 Å². The molecule has 0 bridgehead atoms. The van der Waals surface area contributed by atoms with E-state index < -0.39 is 4.92 Å². The fourth-order valence-electron chi connectivity index (χ4n) is 4.43. The molecule has 0 spiro atoms. The molecule has 184 valence electrons. The lowest BCUT2D eigenvalue weighted by atomic mass is 9.90. The van der Waals surface area contributed by atoms with E-state index >= 15 is 0 Å². The van der Waals surface area contributed by atoms with Crippen molar-refractivity contribution in [3.8, 4) is 0 Å². The van der Waals surface area contributed by atoms with E-state index in [4.69, 9.17) is 4.98 Å². The van der Waals surface area contributed by atoms with Crippen molar-refractivity contribution >= 4 is 48.5 Å².